The number of rotatable bonds is 5. The maximum absolute atomic E-state index is 12.7. The lowest BCUT2D eigenvalue weighted by molar-refractivity contribution is -0.129. The molecular formula is C35H30N2O3. The fraction of sp³-hybridized carbons (Fsp3) is 0.200. The molecule has 0 aliphatic carbocycles. The Bertz CT molecular complexity index is 1750. The van der Waals surface area contributed by atoms with Crippen molar-refractivity contribution in [1.82, 2.24) is 4.90 Å². The molecule has 0 spiro atoms. The van der Waals surface area contributed by atoms with Gasteiger partial charge in [-0.05, 0) is 69.8 Å². The lowest BCUT2D eigenvalue weighted by Crippen LogP contribution is -2.38. The maximum atomic E-state index is 12.7. The molecule has 7 rings (SSSR count). The van der Waals surface area contributed by atoms with Crippen molar-refractivity contribution in [3.63, 3.8) is 0 Å². The van der Waals surface area contributed by atoms with Crippen LogP contribution in [0.4, 0.5) is 5.69 Å². The molecule has 5 nitrogen and oxygen atoms in total. The number of nitrogens with zero attached hydrogens (tertiary/aromatic N) is 2. The highest BCUT2D eigenvalue weighted by molar-refractivity contribution is 6.15. The first-order valence-electron chi connectivity index (χ1n) is 13.8. The van der Waals surface area contributed by atoms with Crippen LogP contribution in [0, 0.1) is 0 Å². The van der Waals surface area contributed by atoms with Crippen LogP contribution in [0.1, 0.15) is 35.1 Å². The average molecular weight is 527 g/mol. The van der Waals surface area contributed by atoms with Gasteiger partial charge in [0.15, 0.2) is 11.5 Å². The van der Waals surface area contributed by atoms with Crippen LogP contribution in [0.5, 0.6) is 11.5 Å². The molecule has 0 saturated carbocycles. The van der Waals surface area contributed by atoms with E-state index >= 15 is 0 Å². The first kappa shape index (κ1) is 24.4. The molecule has 5 aromatic rings. The first-order valence-corrected chi connectivity index (χ1v) is 13.8. The second kappa shape index (κ2) is 9.83. The summed E-state index contributed by atoms with van der Waals surface area (Å²) in [7, 11) is 3.33. The minimum atomic E-state index is 0.253. The summed E-state index contributed by atoms with van der Waals surface area (Å²) in [5.41, 5.74) is 6.50. The highest BCUT2D eigenvalue weighted by Gasteiger charge is 2.36. The van der Waals surface area contributed by atoms with E-state index in [4.69, 9.17) is 14.5 Å². The molecular weight excluding hydrogens is 496 g/mol. The van der Waals surface area contributed by atoms with Crippen LogP contribution >= 0.6 is 0 Å². The standard InChI is InChI=1S/C35H30N2O3/c1-39-32-19-29-27-17-24(36-35(22-9-5-3-6-10-22)23-11-7-4-8-12-23)13-15-26(27)28-18-25-14-16-34(38)37(25)21-31(28)30(29)20-33(32)40-2/h3-13,15,17,19-20,25H,14,16,18,21H2,1-2H3. The van der Waals surface area contributed by atoms with Crippen LogP contribution in [-0.2, 0) is 17.8 Å². The Balaban J connectivity index is 1.48. The van der Waals surface area contributed by atoms with Gasteiger partial charge in [0, 0.05) is 30.1 Å². The van der Waals surface area contributed by atoms with Gasteiger partial charge >= 0.3 is 0 Å². The number of hydrogen-bond acceptors (Lipinski definition) is 4. The van der Waals surface area contributed by atoms with Crippen molar-refractivity contribution in [1.29, 1.82) is 0 Å². The third kappa shape index (κ3) is 4.01. The van der Waals surface area contributed by atoms with E-state index in [0.717, 1.165) is 51.5 Å². The van der Waals surface area contributed by atoms with Crippen LogP contribution in [0.15, 0.2) is 96.0 Å². The monoisotopic (exact) mass is 526 g/mol. The Morgan fingerprint density at radius 1 is 0.750 bits per heavy atom. The Morgan fingerprint density at radius 3 is 2.02 bits per heavy atom. The number of fused-ring (bicyclic) bond motifs is 7. The summed E-state index contributed by atoms with van der Waals surface area (Å²) in [6.07, 6.45) is 2.42. The van der Waals surface area contributed by atoms with Gasteiger partial charge in [-0.1, -0.05) is 66.7 Å². The lowest BCUT2D eigenvalue weighted by atomic mass is 9.85. The number of carbonyl (C=O) groups is 1. The maximum Gasteiger partial charge on any atom is 0.223 e. The highest BCUT2D eigenvalue weighted by Crippen LogP contribution is 2.44. The molecule has 198 valence electrons. The van der Waals surface area contributed by atoms with Gasteiger partial charge in [-0.15, -0.1) is 0 Å². The molecule has 0 N–H and O–H groups in total. The van der Waals surface area contributed by atoms with Crippen LogP contribution in [0.3, 0.4) is 0 Å². The van der Waals surface area contributed by atoms with Crippen molar-refractivity contribution < 1.29 is 14.3 Å². The third-order valence-corrected chi connectivity index (χ3v) is 8.39. The Labute approximate surface area is 233 Å². The number of amides is 1. The summed E-state index contributed by atoms with van der Waals surface area (Å²) in [5, 5.41) is 4.53. The summed E-state index contributed by atoms with van der Waals surface area (Å²) in [4.78, 5) is 20.0. The van der Waals surface area contributed by atoms with E-state index in [1.54, 1.807) is 14.2 Å². The topological polar surface area (TPSA) is 51.1 Å². The lowest BCUT2D eigenvalue weighted by Gasteiger charge is -2.33. The zero-order valence-electron chi connectivity index (χ0n) is 22.7. The molecule has 5 aromatic carbocycles. The van der Waals surface area contributed by atoms with E-state index in [1.165, 1.54) is 16.5 Å². The van der Waals surface area contributed by atoms with Crippen molar-refractivity contribution in [3.05, 3.63) is 113 Å². The van der Waals surface area contributed by atoms with Gasteiger partial charge in [-0.2, -0.15) is 0 Å². The van der Waals surface area contributed by atoms with E-state index in [-0.39, 0.29) is 11.9 Å². The number of aliphatic imine (C=N–C) groups is 1. The largest absolute Gasteiger partial charge is 0.493 e. The second-order valence-corrected chi connectivity index (χ2v) is 10.6. The third-order valence-electron chi connectivity index (χ3n) is 8.39. The summed E-state index contributed by atoms with van der Waals surface area (Å²) >= 11 is 0. The van der Waals surface area contributed by atoms with Crippen molar-refractivity contribution in [2.75, 3.05) is 14.2 Å². The average Bonchev–Trinajstić information content (AvgIpc) is 3.38. The van der Waals surface area contributed by atoms with E-state index in [0.29, 0.717) is 24.5 Å². The molecule has 0 radical (unpaired) electrons. The fourth-order valence-corrected chi connectivity index (χ4v) is 6.42. The van der Waals surface area contributed by atoms with Crippen molar-refractivity contribution in [2.24, 2.45) is 4.99 Å². The molecule has 5 heteroatoms. The fourth-order valence-electron chi connectivity index (χ4n) is 6.42. The van der Waals surface area contributed by atoms with Gasteiger partial charge in [-0.25, -0.2) is 4.99 Å². The van der Waals surface area contributed by atoms with Crippen molar-refractivity contribution >= 4 is 38.9 Å². The Hall–Kier alpha value is -4.64. The quantitative estimate of drug-likeness (QED) is 0.179. The predicted octanol–water partition coefficient (Wildman–Crippen LogP) is 7.23. The van der Waals surface area contributed by atoms with Gasteiger partial charge in [0.1, 0.15) is 0 Å². The van der Waals surface area contributed by atoms with Gasteiger partial charge in [-0.3, -0.25) is 4.79 Å². The normalized spacial score (nSPS) is 16.1. The summed E-state index contributed by atoms with van der Waals surface area (Å²) in [6, 6.07) is 31.6. The smallest absolute Gasteiger partial charge is 0.223 e. The molecule has 1 amide bonds. The number of benzene rings is 5. The van der Waals surface area contributed by atoms with Crippen molar-refractivity contribution in [3.8, 4) is 11.5 Å². The van der Waals surface area contributed by atoms with Crippen LogP contribution in [0.2, 0.25) is 0 Å². The molecule has 40 heavy (non-hydrogen) atoms. The number of ether oxygens (including phenoxy) is 2. The summed E-state index contributed by atoms with van der Waals surface area (Å²) in [6.45, 7) is 0.632. The summed E-state index contributed by atoms with van der Waals surface area (Å²) < 4.78 is 11.4. The van der Waals surface area contributed by atoms with Crippen LogP contribution in [-0.4, -0.2) is 36.8 Å². The van der Waals surface area contributed by atoms with Gasteiger partial charge in [0.2, 0.25) is 5.91 Å². The molecule has 0 aromatic heterocycles. The van der Waals surface area contributed by atoms with E-state index < -0.39 is 0 Å². The van der Waals surface area contributed by atoms with Gasteiger partial charge in [0.05, 0.1) is 25.6 Å². The molecule has 2 aliphatic heterocycles. The van der Waals surface area contributed by atoms with E-state index in [9.17, 15) is 4.79 Å². The zero-order chi connectivity index (χ0) is 27.2. The predicted molar refractivity (Wildman–Crippen MR) is 160 cm³/mol. The molecule has 1 fully saturated rings. The molecule has 2 heterocycles. The molecule has 2 aliphatic rings. The molecule has 0 bridgehead atoms. The second-order valence-electron chi connectivity index (χ2n) is 10.6. The SMILES string of the molecule is COc1cc2c3c(c4ccc(N=C(c5ccccc5)c5ccccc5)cc4c2cc1OC)CC1CCC(=O)N1C3. The van der Waals surface area contributed by atoms with E-state index in [1.807, 2.05) is 36.4 Å². The minimum absolute atomic E-state index is 0.253. The number of methoxy groups -OCH3 is 2. The van der Waals surface area contributed by atoms with Crippen LogP contribution < -0.4 is 9.47 Å². The molecule has 1 unspecified atom stereocenters. The molecule has 1 saturated heterocycles. The van der Waals surface area contributed by atoms with Crippen LogP contribution in [0.25, 0.3) is 21.5 Å². The van der Waals surface area contributed by atoms with Crippen molar-refractivity contribution in [2.45, 2.75) is 31.8 Å². The molecule has 1 atom stereocenters. The number of carbonyl (C=O) groups excluding carboxylic acids is 1. The Morgan fingerprint density at radius 2 is 1.38 bits per heavy atom. The number of hydrogen-bond donors (Lipinski definition) is 0. The van der Waals surface area contributed by atoms with E-state index in [2.05, 4.69) is 59.5 Å². The summed E-state index contributed by atoms with van der Waals surface area (Å²) in [5.74, 6) is 1.63. The minimum Gasteiger partial charge on any atom is -0.493 e. The first-order chi connectivity index (χ1) is 19.6. The highest BCUT2D eigenvalue weighted by atomic mass is 16.5. The van der Waals surface area contributed by atoms with Gasteiger partial charge < -0.3 is 14.4 Å². The van der Waals surface area contributed by atoms with Gasteiger partial charge in [0.25, 0.3) is 0 Å². The zero-order valence-corrected chi connectivity index (χ0v) is 22.7. The Kier molecular flexibility index (Phi) is 6.00.